The Hall–Kier alpha value is -0.870. The average Bonchev–Trinajstić information content (AvgIpc) is 2.34. The molecule has 0 aliphatic carbocycles. The van der Waals surface area contributed by atoms with E-state index < -0.39 is 0 Å². The van der Waals surface area contributed by atoms with Crippen molar-refractivity contribution in [2.75, 3.05) is 12.1 Å². The van der Waals surface area contributed by atoms with Crippen LogP contribution in [-0.2, 0) is 0 Å². The van der Waals surface area contributed by atoms with Gasteiger partial charge in [-0.15, -0.1) is 11.3 Å². The largest absolute Gasteiger partial charge is 0.297 e. The summed E-state index contributed by atoms with van der Waals surface area (Å²) in [6.07, 6.45) is 0.762. The monoisotopic (exact) mass is 157 g/mol. The fourth-order valence-corrected chi connectivity index (χ4v) is 1.27. The molecule has 0 saturated heterocycles. The van der Waals surface area contributed by atoms with E-state index in [9.17, 15) is 4.79 Å². The highest BCUT2D eigenvalue weighted by Crippen LogP contribution is 2.21. The van der Waals surface area contributed by atoms with Crippen molar-refractivity contribution >= 4 is 22.6 Å². The van der Waals surface area contributed by atoms with Gasteiger partial charge >= 0.3 is 0 Å². The van der Waals surface area contributed by atoms with Crippen LogP contribution in [0.3, 0.4) is 0 Å². The van der Waals surface area contributed by atoms with Gasteiger partial charge in [-0.2, -0.15) is 0 Å². The van der Waals surface area contributed by atoms with E-state index in [2.05, 4.69) is 0 Å². The van der Waals surface area contributed by atoms with Gasteiger partial charge in [0, 0.05) is 7.05 Å². The van der Waals surface area contributed by atoms with E-state index in [1.165, 1.54) is 18.4 Å². The standard InChI is InChI=1S/C6H7NO2S/c1-7(9)6-3-2-5(4-8)10-6/h2-4,9H,1H3. The molecule has 0 amide bonds. The predicted octanol–water partition coefficient (Wildman–Crippen LogP) is 1.39. The maximum atomic E-state index is 10.2. The van der Waals surface area contributed by atoms with Crippen LogP contribution < -0.4 is 5.06 Å². The third-order valence-corrected chi connectivity index (χ3v) is 2.13. The molecule has 54 valence electrons. The molecule has 0 spiro atoms. The molecule has 0 saturated carbocycles. The number of rotatable bonds is 2. The Kier molecular flexibility index (Phi) is 2.03. The number of carbonyl (C=O) groups excluding carboxylic acids is 1. The molecule has 0 radical (unpaired) electrons. The lowest BCUT2D eigenvalue weighted by Gasteiger charge is -2.04. The molecule has 0 atom stereocenters. The van der Waals surface area contributed by atoms with E-state index >= 15 is 0 Å². The Labute approximate surface area is 62.5 Å². The molecule has 1 rings (SSSR count). The Balaban J connectivity index is 2.88. The van der Waals surface area contributed by atoms with Gasteiger partial charge in [0.05, 0.1) is 4.88 Å². The summed E-state index contributed by atoms with van der Waals surface area (Å²) in [5.41, 5.74) is 0. The smallest absolute Gasteiger partial charge is 0.160 e. The highest BCUT2D eigenvalue weighted by Gasteiger charge is 1.99. The van der Waals surface area contributed by atoms with Crippen LogP contribution in [0.1, 0.15) is 9.67 Å². The van der Waals surface area contributed by atoms with Gasteiger partial charge in [0.15, 0.2) is 6.29 Å². The zero-order valence-electron chi connectivity index (χ0n) is 5.44. The van der Waals surface area contributed by atoms with Crippen LogP contribution >= 0.6 is 11.3 Å². The van der Waals surface area contributed by atoms with Crippen molar-refractivity contribution in [3.8, 4) is 0 Å². The average molecular weight is 157 g/mol. The van der Waals surface area contributed by atoms with Crippen LogP contribution in [0, 0.1) is 0 Å². The van der Waals surface area contributed by atoms with Crippen molar-refractivity contribution < 1.29 is 10.0 Å². The second-order valence-electron chi connectivity index (χ2n) is 1.82. The molecule has 0 aliphatic heterocycles. The first-order valence-electron chi connectivity index (χ1n) is 2.71. The minimum atomic E-state index is 0.621. The minimum absolute atomic E-state index is 0.621. The number of thiophene rings is 1. The molecular formula is C6H7NO2S. The minimum Gasteiger partial charge on any atom is -0.297 e. The Morgan fingerprint density at radius 3 is 2.70 bits per heavy atom. The van der Waals surface area contributed by atoms with Gasteiger partial charge < -0.3 is 0 Å². The molecule has 0 unspecified atom stereocenters. The summed E-state index contributed by atoms with van der Waals surface area (Å²) in [5.74, 6) is 0. The van der Waals surface area contributed by atoms with Crippen molar-refractivity contribution in [2.45, 2.75) is 0 Å². The van der Waals surface area contributed by atoms with Crippen LogP contribution in [0.15, 0.2) is 12.1 Å². The Morgan fingerprint density at radius 1 is 1.70 bits per heavy atom. The van der Waals surface area contributed by atoms with Gasteiger partial charge in [-0.05, 0) is 12.1 Å². The molecule has 0 aliphatic rings. The second kappa shape index (κ2) is 2.81. The highest BCUT2D eigenvalue weighted by atomic mass is 32.1. The number of hydrogen-bond donors (Lipinski definition) is 1. The molecule has 0 fully saturated rings. The molecule has 1 heterocycles. The van der Waals surface area contributed by atoms with E-state index in [4.69, 9.17) is 5.21 Å². The summed E-state index contributed by atoms with van der Waals surface area (Å²) in [6.45, 7) is 0. The SMILES string of the molecule is CN(O)c1ccc(C=O)s1. The van der Waals surface area contributed by atoms with Gasteiger partial charge in [-0.1, -0.05) is 0 Å². The summed E-state index contributed by atoms with van der Waals surface area (Å²) in [7, 11) is 1.51. The van der Waals surface area contributed by atoms with Crippen LogP contribution in [0.5, 0.6) is 0 Å². The van der Waals surface area contributed by atoms with E-state index in [1.807, 2.05) is 0 Å². The van der Waals surface area contributed by atoms with E-state index in [0.29, 0.717) is 9.88 Å². The predicted molar refractivity (Wildman–Crippen MR) is 39.9 cm³/mol. The lowest BCUT2D eigenvalue weighted by Crippen LogP contribution is -2.07. The lowest BCUT2D eigenvalue weighted by molar-refractivity contribution is 0.112. The molecule has 0 aromatic carbocycles. The molecule has 3 nitrogen and oxygen atoms in total. The molecular weight excluding hydrogens is 150 g/mol. The third kappa shape index (κ3) is 1.34. The quantitative estimate of drug-likeness (QED) is 0.521. The number of nitrogens with zero attached hydrogens (tertiary/aromatic N) is 1. The Bertz CT molecular complexity index is 231. The topological polar surface area (TPSA) is 40.5 Å². The molecule has 1 aromatic heterocycles. The number of aldehydes is 1. The van der Waals surface area contributed by atoms with Crippen LogP contribution in [0.2, 0.25) is 0 Å². The second-order valence-corrected chi connectivity index (χ2v) is 2.91. The molecule has 1 N–H and O–H groups in total. The molecule has 10 heavy (non-hydrogen) atoms. The van der Waals surface area contributed by atoms with Crippen LogP contribution in [0.25, 0.3) is 0 Å². The first kappa shape index (κ1) is 7.24. The lowest BCUT2D eigenvalue weighted by atomic mass is 10.5. The van der Waals surface area contributed by atoms with E-state index in [0.717, 1.165) is 11.3 Å². The van der Waals surface area contributed by atoms with Crippen LogP contribution in [0.4, 0.5) is 5.00 Å². The normalized spacial score (nSPS) is 9.40. The summed E-state index contributed by atoms with van der Waals surface area (Å²) >= 11 is 1.25. The van der Waals surface area contributed by atoms with Crippen molar-refractivity contribution in [1.82, 2.24) is 0 Å². The van der Waals surface area contributed by atoms with Crippen LogP contribution in [-0.4, -0.2) is 18.5 Å². The van der Waals surface area contributed by atoms with E-state index in [-0.39, 0.29) is 0 Å². The van der Waals surface area contributed by atoms with Gasteiger partial charge in [-0.3, -0.25) is 15.1 Å². The Morgan fingerprint density at radius 2 is 2.40 bits per heavy atom. The van der Waals surface area contributed by atoms with Crippen molar-refractivity contribution in [1.29, 1.82) is 0 Å². The summed E-state index contributed by atoms with van der Waals surface area (Å²) in [5, 5.41) is 10.5. The maximum absolute atomic E-state index is 10.2. The van der Waals surface area contributed by atoms with E-state index in [1.54, 1.807) is 12.1 Å². The zero-order valence-corrected chi connectivity index (χ0v) is 6.26. The van der Waals surface area contributed by atoms with Gasteiger partial charge in [-0.25, -0.2) is 0 Å². The summed E-state index contributed by atoms with van der Waals surface area (Å²) in [4.78, 5) is 10.8. The van der Waals surface area contributed by atoms with Gasteiger partial charge in [0.25, 0.3) is 0 Å². The van der Waals surface area contributed by atoms with Gasteiger partial charge in [0.2, 0.25) is 0 Å². The number of carbonyl (C=O) groups is 1. The van der Waals surface area contributed by atoms with Gasteiger partial charge in [0.1, 0.15) is 5.00 Å². The number of hydroxylamine groups is 1. The summed E-state index contributed by atoms with van der Waals surface area (Å²) < 4.78 is 0. The number of hydrogen-bond acceptors (Lipinski definition) is 4. The van der Waals surface area contributed by atoms with Crippen molar-refractivity contribution in [3.63, 3.8) is 0 Å². The fraction of sp³-hybridized carbons (Fsp3) is 0.167. The first-order chi connectivity index (χ1) is 4.74. The number of anilines is 1. The summed E-state index contributed by atoms with van der Waals surface area (Å²) in [6, 6.07) is 3.36. The zero-order chi connectivity index (χ0) is 7.56. The van der Waals surface area contributed by atoms with Crippen molar-refractivity contribution in [3.05, 3.63) is 17.0 Å². The molecule has 0 bridgehead atoms. The fourth-order valence-electron chi connectivity index (χ4n) is 0.579. The maximum Gasteiger partial charge on any atom is 0.160 e. The molecule has 1 aromatic rings. The van der Waals surface area contributed by atoms with Crippen molar-refractivity contribution in [2.24, 2.45) is 0 Å². The first-order valence-corrected chi connectivity index (χ1v) is 3.53. The highest BCUT2D eigenvalue weighted by molar-refractivity contribution is 7.17. The third-order valence-electron chi connectivity index (χ3n) is 1.05. The molecule has 4 heteroatoms.